The lowest BCUT2D eigenvalue weighted by molar-refractivity contribution is -0.384. The molecule has 0 fully saturated rings. The van der Waals surface area contributed by atoms with Crippen LogP contribution in [0.3, 0.4) is 0 Å². The molecule has 0 spiro atoms. The lowest BCUT2D eigenvalue weighted by atomic mass is 10.1. The molecule has 1 aromatic heterocycles. The Hall–Kier alpha value is -3.10. The van der Waals surface area contributed by atoms with Crippen molar-refractivity contribution < 1.29 is 9.72 Å². The number of carbonyl (C=O) groups excluding carboxylic acids is 1. The number of nitrogens with one attached hydrogen (secondary N) is 1. The number of aryl methyl sites for hydroxylation is 2. The van der Waals surface area contributed by atoms with Crippen molar-refractivity contribution in [2.75, 3.05) is 5.32 Å². The van der Waals surface area contributed by atoms with E-state index < -0.39 is 4.92 Å². The van der Waals surface area contributed by atoms with Crippen molar-refractivity contribution in [2.45, 2.75) is 33.1 Å². The van der Waals surface area contributed by atoms with Crippen LogP contribution in [0.5, 0.6) is 0 Å². The molecule has 9 nitrogen and oxygen atoms in total. The first kappa shape index (κ1) is 16.7. The average Bonchev–Trinajstić information content (AvgIpc) is 2.91. The first-order valence-corrected chi connectivity index (χ1v) is 7.99. The fraction of sp³-hybridized carbons (Fsp3) is 0.375. The summed E-state index contributed by atoms with van der Waals surface area (Å²) in [4.78, 5) is 22.2. The molecular weight excluding hydrogens is 324 g/mol. The van der Waals surface area contributed by atoms with Crippen LogP contribution in [0.4, 0.5) is 11.6 Å². The number of hydrogen-bond donors (Lipinski definition) is 1. The molecular formula is C16H18N6O3. The van der Waals surface area contributed by atoms with E-state index in [1.807, 2.05) is 0 Å². The van der Waals surface area contributed by atoms with Gasteiger partial charge in [-0.3, -0.25) is 20.2 Å². The summed E-state index contributed by atoms with van der Waals surface area (Å²) in [5.74, 6) is 0.546. The van der Waals surface area contributed by atoms with E-state index in [-0.39, 0.29) is 17.5 Å². The number of non-ortho nitro benzene ring substituents is 1. The van der Waals surface area contributed by atoms with Crippen LogP contribution in [0.1, 0.15) is 31.7 Å². The smallest absolute Gasteiger partial charge is 0.269 e. The van der Waals surface area contributed by atoms with Crippen LogP contribution < -0.4 is 5.32 Å². The van der Waals surface area contributed by atoms with Gasteiger partial charge in [0.1, 0.15) is 0 Å². The highest BCUT2D eigenvalue weighted by molar-refractivity contribution is 6.08. The Morgan fingerprint density at radius 1 is 1.24 bits per heavy atom. The van der Waals surface area contributed by atoms with E-state index in [2.05, 4.69) is 20.6 Å². The summed E-state index contributed by atoms with van der Waals surface area (Å²) in [5.41, 5.74) is 1.80. The van der Waals surface area contributed by atoms with Crippen LogP contribution in [0.15, 0.2) is 29.4 Å². The summed E-state index contributed by atoms with van der Waals surface area (Å²) < 4.78 is 1.58. The minimum absolute atomic E-state index is 0.0844. The van der Waals surface area contributed by atoms with Crippen molar-refractivity contribution in [3.05, 3.63) is 45.8 Å². The van der Waals surface area contributed by atoms with E-state index in [9.17, 15) is 14.9 Å². The van der Waals surface area contributed by atoms with Crippen LogP contribution in [0.2, 0.25) is 0 Å². The molecule has 1 N–H and O–H groups in total. The van der Waals surface area contributed by atoms with Crippen molar-refractivity contribution >= 4 is 23.3 Å². The minimum Gasteiger partial charge on any atom is -0.293 e. The van der Waals surface area contributed by atoms with Crippen LogP contribution in [-0.4, -0.2) is 31.4 Å². The zero-order valence-corrected chi connectivity index (χ0v) is 14.0. The van der Waals surface area contributed by atoms with Crippen molar-refractivity contribution in [1.29, 1.82) is 0 Å². The second-order valence-corrected chi connectivity index (χ2v) is 5.98. The number of nitro groups is 1. The van der Waals surface area contributed by atoms with E-state index in [1.54, 1.807) is 30.7 Å². The summed E-state index contributed by atoms with van der Waals surface area (Å²) in [7, 11) is 0. The van der Waals surface area contributed by atoms with Crippen LogP contribution in [0.25, 0.3) is 0 Å². The van der Waals surface area contributed by atoms with Crippen molar-refractivity contribution in [3.63, 3.8) is 0 Å². The zero-order chi connectivity index (χ0) is 18.0. The van der Waals surface area contributed by atoms with E-state index in [0.29, 0.717) is 23.9 Å². The Morgan fingerprint density at radius 3 is 2.64 bits per heavy atom. The summed E-state index contributed by atoms with van der Waals surface area (Å²) in [5, 5.41) is 25.9. The molecule has 0 saturated carbocycles. The van der Waals surface area contributed by atoms with E-state index in [1.165, 1.54) is 12.1 Å². The van der Waals surface area contributed by atoms with Crippen LogP contribution in [0, 0.1) is 16.0 Å². The van der Waals surface area contributed by atoms with E-state index in [4.69, 9.17) is 0 Å². The lowest BCUT2D eigenvalue weighted by Gasteiger charge is -2.04. The van der Waals surface area contributed by atoms with Gasteiger partial charge in [-0.15, -0.1) is 10.2 Å². The molecule has 1 aliphatic heterocycles. The number of rotatable bonds is 5. The molecule has 1 atom stereocenters. The molecule has 2 aromatic rings. The molecule has 0 bridgehead atoms. The molecule has 1 aliphatic rings. The molecule has 9 heteroatoms. The maximum atomic E-state index is 11.9. The molecule has 0 aliphatic carbocycles. The van der Waals surface area contributed by atoms with Crippen molar-refractivity contribution in [3.8, 4) is 0 Å². The molecule has 1 aromatic carbocycles. The molecule has 3 rings (SSSR count). The van der Waals surface area contributed by atoms with Gasteiger partial charge in [0.2, 0.25) is 5.91 Å². The van der Waals surface area contributed by atoms with Crippen LogP contribution >= 0.6 is 0 Å². The minimum atomic E-state index is -0.412. The van der Waals surface area contributed by atoms with Gasteiger partial charge in [-0.25, -0.2) is 0 Å². The largest absolute Gasteiger partial charge is 0.293 e. The third kappa shape index (κ3) is 3.54. The number of hydrogen-bond acceptors (Lipinski definition) is 6. The number of anilines is 1. The van der Waals surface area contributed by atoms with Gasteiger partial charge in [0, 0.05) is 24.3 Å². The number of aromatic nitrogens is 3. The number of benzene rings is 1. The highest BCUT2D eigenvalue weighted by atomic mass is 16.6. The monoisotopic (exact) mass is 342 g/mol. The second kappa shape index (κ2) is 6.80. The molecule has 0 saturated heterocycles. The number of amides is 1. The first-order chi connectivity index (χ1) is 12.0. The standard InChI is InChI=1S/C16H18N6O3/c1-10-11(2)20-21-14(18-19-16(21)17-15(10)23)5-3-4-12-6-8-13(9-7-12)22(24)25/h6-10H,3-5H2,1-2H3,(H,17,19,23). The topological polar surface area (TPSA) is 115 Å². The third-order valence-corrected chi connectivity index (χ3v) is 4.23. The highest BCUT2D eigenvalue weighted by Gasteiger charge is 2.24. The lowest BCUT2D eigenvalue weighted by Crippen LogP contribution is -2.24. The Bertz CT molecular complexity index is 840. The predicted octanol–water partition coefficient (Wildman–Crippen LogP) is 2.17. The zero-order valence-electron chi connectivity index (χ0n) is 14.0. The van der Waals surface area contributed by atoms with Gasteiger partial charge < -0.3 is 0 Å². The van der Waals surface area contributed by atoms with Crippen molar-refractivity contribution in [1.82, 2.24) is 14.9 Å². The van der Waals surface area contributed by atoms with E-state index >= 15 is 0 Å². The highest BCUT2D eigenvalue weighted by Crippen LogP contribution is 2.18. The number of nitrogens with zero attached hydrogens (tertiary/aromatic N) is 5. The Kier molecular flexibility index (Phi) is 4.55. The van der Waals surface area contributed by atoms with Gasteiger partial charge in [-0.2, -0.15) is 9.78 Å². The molecule has 1 amide bonds. The molecule has 1 unspecified atom stereocenters. The third-order valence-electron chi connectivity index (χ3n) is 4.23. The Labute approximate surface area is 143 Å². The molecule has 130 valence electrons. The van der Waals surface area contributed by atoms with Gasteiger partial charge in [-0.05, 0) is 32.3 Å². The Balaban J connectivity index is 1.67. The van der Waals surface area contributed by atoms with Gasteiger partial charge in [-0.1, -0.05) is 12.1 Å². The van der Waals surface area contributed by atoms with Gasteiger partial charge in [0.25, 0.3) is 11.6 Å². The van der Waals surface area contributed by atoms with Gasteiger partial charge in [0.15, 0.2) is 5.82 Å². The normalized spacial score (nSPS) is 16.6. The van der Waals surface area contributed by atoms with Crippen LogP contribution in [-0.2, 0) is 17.6 Å². The fourth-order valence-corrected chi connectivity index (χ4v) is 2.54. The van der Waals surface area contributed by atoms with Crippen molar-refractivity contribution in [2.24, 2.45) is 11.0 Å². The summed E-state index contributed by atoms with van der Waals surface area (Å²) >= 11 is 0. The van der Waals surface area contributed by atoms with Gasteiger partial charge >= 0.3 is 0 Å². The second-order valence-electron chi connectivity index (χ2n) is 5.98. The fourth-order valence-electron chi connectivity index (χ4n) is 2.54. The maximum absolute atomic E-state index is 11.9. The molecule has 2 heterocycles. The first-order valence-electron chi connectivity index (χ1n) is 7.99. The predicted molar refractivity (Wildman–Crippen MR) is 91.4 cm³/mol. The summed E-state index contributed by atoms with van der Waals surface area (Å²) in [6, 6.07) is 6.52. The number of fused-ring (bicyclic) bond motifs is 1. The summed E-state index contributed by atoms with van der Waals surface area (Å²) in [6.07, 6.45) is 2.17. The summed E-state index contributed by atoms with van der Waals surface area (Å²) in [6.45, 7) is 3.60. The molecule has 25 heavy (non-hydrogen) atoms. The van der Waals surface area contributed by atoms with E-state index in [0.717, 1.165) is 18.4 Å². The maximum Gasteiger partial charge on any atom is 0.269 e. The molecule has 0 radical (unpaired) electrons. The Morgan fingerprint density at radius 2 is 1.96 bits per heavy atom. The SMILES string of the molecule is CC1=Nn2c(CCCc3ccc([N+](=O)[O-])cc3)nnc2NC(=O)C1C. The average molecular weight is 342 g/mol. The quantitative estimate of drug-likeness (QED) is 0.660. The van der Waals surface area contributed by atoms with Gasteiger partial charge in [0.05, 0.1) is 10.8 Å². The number of carbonyl (C=O) groups is 1. The number of nitro benzene ring substituents is 1.